The van der Waals surface area contributed by atoms with Gasteiger partial charge < -0.3 is 19.3 Å². The highest BCUT2D eigenvalue weighted by Gasteiger charge is 2.45. The quantitative estimate of drug-likeness (QED) is 0.0877. The predicted molar refractivity (Wildman–Crippen MR) is 251 cm³/mol. The van der Waals surface area contributed by atoms with Gasteiger partial charge in [-0.25, -0.2) is 0 Å². The van der Waals surface area contributed by atoms with Gasteiger partial charge in [0.25, 0.3) is 0 Å². The minimum atomic E-state index is -0.239. The van der Waals surface area contributed by atoms with E-state index < -0.39 is 0 Å². The van der Waals surface area contributed by atoms with Crippen molar-refractivity contribution in [1.82, 2.24) is 0 Å². The third-order valence-corrected chi connectivity index (χ3v) is 13.7. The first-order valence-electron chi connectivity index (χ1n) is 20.3. The van der Waals surface area contributed by atoms with Crippen molar-refractivity contribution < 1.29 is 14.0 Å². The van der Waals surface area contributed by atoms with Crippen LogP contribution in [-0.2, 0) is 20.3 Å². The van der Waals surface area contributed by atoms with Crippen LogP contribution >= 0.6 is 55.1 Å². The Hall–Kier alpha value is -3.17. The molecule has 7 rings (SSSR count). The summed E-state index contributed by atoms with van der Waals surface area (Å²) in [5, 5.41) is 1.55. The average Bonchev–Trinajstić information content (AvgIpc) is 3.75. The van der Waals surface area contributed by atoms with Crippen LogP contribution in [0.4, 0.5) is 22.7 Å². The summed E-state index contributed by atoms with van der Waals surface area (Å²) in [5.74, 6) is 0. The SMILES string of the molecule is COCCCN1c2ccc(Cl)cc2C(C)(C)C1C/C=C1\CCC(/C=C/C2=[N+](CCCOC)c3ccc(Cl)cc3C2(C)C)=C1N(c1ccc(Br)cc1)c1ccc(Br)cc1. The van der Waals surface area contributed by atoms with Gasteiger partial charge in [0.05, 0.1) is 17.7 Å². The number of hydrogen-bond acceptors (Lipinski definition) is 4. The zero-order valence-corrected chi connectivity index (χ0v) is 39.1. The van der Waals surface area contributed by atoms with Gasteiger partial charge in [0.2, 0.25) is 5.69 Å². The third kappa shape index (κ3) is 8.69. The first kappa shape index (κ1) is 42.9. The van der Waals surface area contributed by atoms with Gasteiger partial charge in [0.1, 0.15) is 0 Å². The predicted octanol–water partition coefficient (Wildman–Crippen LogP) is 13.9. The van der Waals surface area contributed by atoms with Crippen LogP contribution in [0.5, 0.6) is 0 Å². The molecule has 4 aromatic carbocycles. The molecule has 4 aromatic rings. The molecule has 0 fully saturated rings. The van der Waals surface area contributed by atoms with Gasteiger partial charge in [0.15, 0.2) is 12.3 Å². The normalized spacial score (nSPS) is 18.9. The maximum absolute atomic E-state index is 6.64. The van der Waals surface area contributed by atoms with Crippen molar-refractivity contribution in [3.05, 3.63) is 150 Å². The number of nitrogens with zero attached hydrogens (tertiary/aromatic N) is 3. The molecule has 1 aliphatic carbocycles. The number of allylic oxidation sites excluding steroid dienone is 4. The van der Waals surface area contributed by atoms with E-state index in [9.17, 15) is 0 Å². The molecule has 0 bridgehead atoms. The van der Waals surface area contributed by atoms with Crippen molar-refractivity contribution >= 4 is 83.5 Å². The lowest BCUT2D eigenvalue weighted by Gasteiger charge is -2.35. The molecule has 58 heavy (non-hydrogen) atoms. The summed E-state index contributed by atoms with van der Waals surface area (Å²) in [7, 11) is 3.56. The van der Waals surface area contributed by atoms with Crippen LogP contribution in [0.25, 0.3) is 0 Å². The molecule has 0 saturated carbocycles. The van der Waals surface area contributed by atoms with Crippen LogP contribution in [0.15, 0.2) is 129 Å². The lowest BCUT2D eigenvalue weighted by atomic mass is 9.79. The van der Waals surface area contributed by atoms with E-state index >= 15 is 0 Å². The molecule has 0 amide bonds. The van der Waals surface area contributed by atoms with Crippen molar-refractivity contribution in [3.63, 3.8) is 0 Å². The van der Waals surface area contributed by atoms with Crippen LogP contribution in [0.3, 0.4) is 0 Å². The van der Waals surface area contributed by atoms with Crippen LogP contribution in [0, 0.1) is 0 Å². The van der Waals surface area contributed by atoms with Crippen molar-refractivity contribution in [2.24, 2.45) is 0 Å². The number of anilines is 3. The molecule has 2 heterocycles. The summed E-state index contributed by atoms with van der Waals surface area (Å²) in [4.78, 5) is 5.06. The monoisotopic (exact) mass is 944 g/mol. The minimum absolute atomic E-state index is 0.110. The molecule has 1 atom stereocenters. The summed E-state index contributed by atoms with van der Waals surface area (Å²) >= 11 is 20.7. The van der Waals surface area contributed by atoms with Gasteiger partial charge in [-0.15, -0.1) is 0 Å². The summed E-state index contributed by atoms with van der Waals surface area (Å²) in [6.07, 6.45) is 11.9. The lowest BCUT2D eigenvalue weighted by molar-refractivity contribution is -0.438. The molecular weight excluding hydrogens is 893 g/mol. The zero-order valence-electron chi connectivity index (χ0n) is 34.4. The highest BCUT2D eigenvalue weighted by molar-refractivity contribution is 9.10. The van der Waals surface area contributed by atoms with Crippen LogP contribution in [0.1, 0.15) is 70.9 Å². The Morgan fingerprint density at radius 2 is 1.38 bits per heavy atom. The summed E-state index contributed by atoms with van der Waals surface area (Å²) in [6, 6.07) is 30.3. The van der Waals surface area contributed by atoms with Gasteiger partial charge in [0, 0.05) is 99.0 Å². The van der Waals surface area contributed by atoms with Crippen LogP contribution < -0.4 is 9.80 Å². The second-order valence-corrected chi connectivity index (χ2v) is 19.3. The van der Waals surface area contributed by atoms with E-state index in [0.29, 0.717) is 6.61 Å². The molecule has 0 radical (unpaired) electrons. The van der Waals surface area contributed by atoms with Gasteiger partial charge in [-0.2, -0.15) is 4.58 Å². The molecule has 9 heteroatoms. The van der Waals surface area contributed by atoms with Crippen molar-refractivity contribution in [1.29, 1.82) is 0 Å². The van der Waals surface area contributed by atoms with E-state index in [2.05, 4.69) is 165 Å². The molecule has 5 nitrogen and oxygen atoms in total. The molecule has 2 aliphatic heterocycles. The van der Waals surface area contributed by atoms with E-state index in [-0.39, 0.29) is 16.9 Å². The van der Waals surface area contributed by atoms with E-state index in [4.69, 9.17) is 32.7 Å². The Balaban J connectivity index is 1.36. The molecule has 304 valence electrons. The van der Waals surface area contributed by atoms with Crippen molar-refractivity contribution in [2.75, 3.05) is 50.3 Å². The lowest BCUT2D eigenvalue weighted by Crippen LogP contribution is -2.42. The standard InChI is InChI=1S/C49H54Br2Cl2N3O2/c1-48(2)41-31-37(52)17-23-43(41)54(27-7-29-57-5)45(48)25-11-33-9-10-34(47(33)56(39-19-13-35(50)14-20-39)40-21-15-36(51)16-22-40)12-26-46-49(3,4)42-32-38(53)18-24-44(42)55(46)28-8-30-58-6/h11-25,31-32,46H,7-10,26-30H2,1-6H3/q+1/b34-12+. The maximum Gasteiger partial charge on any atom is 0.209 e. The third-order valence-electron chi connectivity index (χ3n) is 12.2. The minimum Gasteiger partial charge on any atom is -0.385 e. The Labute approximate surface area is 372 Å². The molecule has 0 N–H and O–H groups in total. The second-order valence-electron chi connectivity index (χ2n) is 16.6. The number of halogens is 4. The average molecular weight is 948 g/mol. The first-order chi connectivity index (χ1) is 27.8. The summed E-state index contributed by atoms with van der Waals surface area (Å²) in [5.41, 5.74) is 12.1. The number of ether oxygens (including phenoxy) is 2. The van der Waals surface area contributed by atoms with Gasteiger partial charge in [-0.05, 0) is 135 Å². The van der Waals surface area contributed by atoms with Crippen LogP contribution in [0.2, 0.25) is 10.0 Å². The van der Waals surface area contributed by atoms with E-state index in [1.54, 1.807) is 14.2 Å². The largest absolute Gasteiger partial charge is 0.385 e. The Kier molecular flexibility index (Phi) is 13.5. The molecule has 3 aliphatic rings. The van der Waals surface area contributed by atoms with Gasteiger partial charge in [-0.1, -0.05) is 81.1 Å². The number of methoxy groups -OCH3 is 2. The fourth-order valence-corrected chi connectivity index (χ4v) is 10.1. The van der Waals surface area contributed by atoms with E-state index in [0.717, 1.165) is 82.2 Å². The maximum atomic E-state index is 6.64. The number of rotatable bonds is 15. The summed E-state index contributed by atoms with van der Waals surface area (Å²) in [6.45, 7) is 12.6. The van der Waals surface area contributed by atoms with E-state index in [1.165, 1.54) is 45.1 Å². The highest BCUT2D eigenvalue weighted by atomic mass is 79.9. The zero-order chi connectivity index (χ0) is 41.2. The summed E-state index contributed by atoms with van der Waals surface area (Å²) < 4.78 is 15.6. The van der Waals surface area contributed by atoms with E-state index in [1.807, 2.05) is 12.1 Å². The molecule has 0 spiro atoms. The number of hydrogen-bond donors (Lipinski definition) is 0. The van der Waals surface area contributed by atoms with Crippen molar-refractivity contribution in [3.8, 4) is 0 Å². The fourth-order valence-electron chi connectivity index (χ4n) is 9.23. The molecule has 0 saturated heterocycles. The highest BCUT2D eigenvalue weighted by Crippen LogP contribution is 2.49. The molecule has 1 unspecified atom stereocenters. The van der Waals surface area contributed by atoms with Gasteiger partial charge in [-0.3, -0.25) is 0 Å². The second kappa shape index (κ2) is 18.2. The Morgan fingerprint density at radius 1 is 0.776 bits per heavy atom. The number of benzene rings is 4. The van der Waals surface area contributed by atoms with Crippen LogP contribution in [-0.4, -0.2) is 56.9 Å². The topological polar surface area (TPSA) is 28.0 Å². The molecule has 0 aromatic heterocycles. The Morgan fingerprint density at radius 3 is 2.02 bits per heavy atom. The first-order valence-corrected chi connectivity index (χ1v) is 22.6. The smallest absolute Gasteiger partial charge is 0.209 e. The Bertz CT molecular complexity index is 2210. The fraction of sp³-hybridized carbons (Fsp3) is 0.367. The van der Waals surface area contributed by atoms with Gasteiger partial charge >= 0.3 is 0 Å². The molecular formula is C49H54Br2Cl2N3O2+. The van der Waals surface area contributed by atoms with Crippen molar-refractivity contribution in [2.45, 2.75) is 76.7 Å². The number of fused-ring (bicyclic) bond motifs is 2.